The van der Waals surface area contributed by atoms with E-state index in [1.807, 2.05) is 45.0 Å². The molecule has 3 aromatic rings. The van der Waals surface area contributed by atoms with Crippen molar-refractivity contribution < 1.29 is 9.47 Å². The number of aryl methyl sites for hydroxylation is 1. The highest BCUT2D eigenvalue weighted by Gasteiger charge is 2.23. The lowest BCUT2D eigenvalue weighted by molar-refractivity contribution is 0.342. The van der Waals surface area contributed by atoms with Crippen LogP contribution in [0.2, 0.25) is 0 Å². The van der Waals surface area contributed by atoms with E-state index in [0.29, 0.717) is 34.2 Å². The van der Waals surface area contributed by atoms with E-state index in [0.717, 1.165) is 16.1 Å². The first-order chi connectivity index (χ1) is 14.1. The summed E-state index contributed by atoms with van der Waals surface area (Å²) in [6.07, 6.45) is 0. The van der Waals surface area contributed by atoms with Crippen LogP contribution in [0.15, 0.2) is 38.9 Å². The van der Waals surface area contributed by atoms with Gasteiger partial charge in [0, 0.05) is 25.3 Å². The van der Waals surface area contributed by atoms with Crippen LogP contribution >= 0.6 is 11.8 Å². The van der Waals surface area contributed by atoms with Crippen molar-refractivity contribution in [3.05, 3.63) is 50.9 Å². The molecule has 0 spiro atoms. The first kappa shape index (κ1) is 21.9. The lowest BCUT2D eigenvalue weighted by Gasteiger charge is -2.19. The summed E-state index contributed by atoms with van der Waals surface area (Å²) in [7, 11) is 4.69. The van der Waals surface area contributed by atoms with Crippen molar-refractivity contribution in [1.29, 1.82) is 0 Å². The summed E-state index contributed by atoms with van der Waals surface area (Å²) in [5.41, 5.74) is -0.793. The molecule has 0 N–H and O–H groups in total. The fourth-order valence-electron chi connectivity index (χ4n) is 2.84. The van der Waals surface area contributed by atoms with E-state index in [4.69, 9.17) is 9.47 Å². The Morgan fingerprint density at radius 2 is 1.63 bits per heavy atom. The van der Waals surface area contributed by atoms with E-state index >= 15 is 0 Å². The molecule has 0 amide bonds. The molecular formula is C21H26N4O4S. The minimum atomic E-state index is -0.412. The highest BCUT2D eigenvalue weighted by molar-refractivity contribution is 7.99. The predicted octanol–water partition coefficient (Wildman–Crippen LogP) is 2.50. The number of methoxy groups -OCH3 is 1. The number of aromatic nitrogens is 4. The summed E-state index contributed by atoms with van der Waals surface area (Å²) in [5, 5.41) is 0.904. The van der Waals surface area contributed by atoms with Crippen LogP contribution in [-0.4, -0.2) is 38.6 Å². The molecule has 8 nitrogen and oxygen atoms in total. The normalized spacial score (nSPS) is 11.7. The first-order valence-electron chi connectivity index (χ1n) is 9.51. The Bertz CT molecular complexity index is 1180. The summed E-state index contributed by atoms with van der Waals surface area (Å²) < 4.78 is 13.4. The van der Waals surface area contributed by atoms with Crippen LogP contribution in [0.1, 0.15) is 26.6 Å². The molecule has 0 saturated heterocycles. The van der Waals surface area contributed by atoms with Crippen LogP contribution in [0, 0.1) is 0 Å². The van der Waals surface area contributed by atoms with Gasteiger partial charge in [0.25, 0.3) is 5.56 Å². The van der Waals surface area contributed by atoms with Crippen LogP contribution in [0.5, 0.6) is 11.5 Å². The number of hydrogen-bond acceptors (Lipinski definition) is 7. The molecule has 30 heavy (non-hydrogen) atoms. The molecule has 1 aromatic carbocycles. The molecule has 0 radical (unpaired) electrons. The maximum absolute atomic E-state index is 12.8. The third kappa shape index (κ3) is 4.35. The van der Waals surface area contributed by atoms with Gasteiger partial charge >= 0.3 is 5.69 Å². The molecule has 2 aromatic heterocycles. The number of hydrogen-bond donors (Lipinski definition) is 0. The summed E-state index contributed by atoms with van der Waals surface area (Å²) in [6, 6.07) is 7.35. The zero-order valence-electron chi connectivity index (χ0n) is 18.1. The molecule has 0 unspecified atom stereocenters. The second kappa shape index (κ2) is 8.51. The van der Waals surface area contributed by atoms with Crippen molar-refractivity contribution in [2.24, 2.45) is 14.1 Å². The molecule has 0 aliphatic carbocycles. The molecule has 0 fully saturated rings. The number of nitrogens with zero attached hydrogens (tertiary/aromatic N) is 4. The molecule has 0 aliphatic heterocycles. The minimum Gasteiger partial charge on any atom is -0.497 e. The second-order valence-corrected chi connectivity index (χ2v) is 8.96. The Labute approximate surface area is 178 Å². The van der Waals surface area contributed by atoms with Crippen LogP contribution < -0.4 is 20.7 Å². The summed E-state index contributed by atoms with van der Waals surface area (Å²) in [6.45, 7) is 6.41. The van der Waals surface area contributed by atoms with Crippen molar-refractivity contribution in [2.75, 3.05) is 19.5 Å². The Morgan fingerprint density at radius 3 is 2.23 bits per heavy atom. The van der Waals surface area contributed by atoms with Gasteiger partial charge in [-0.15, -0.1) is 11.8 Å². The van der Waals surface area contributed by atoms with Gasteiger partial charge in [-0.05, 0) is 24.3 Å². The van der Waals surface area contributed by atoms with Gasteiger partial charge in [-0.1, -0.05) is 20.8 Å². The number of fused-ring (bicyclic) bond motifs is 1. The molecule has 160 valence electrons. The zero-order chi connectivity index (χ0) is 22.1. The number of benzene rings is 1. The standard InChI is InChI=1S/C21H26N4O4S/c1-21(2,3)19-22-16-15(18(26)25(5)20(27)24(16)4)17(23-19)30-12-11-29-14-9-7-13(28-6)8-10-14/h7-10H,11-12H2,1-6H3. The monoisotopic (exact) mass is 430 g/mol. The van der Waals surface area contributed by atoms with Gasteiger partial charge in [0.1, 0.15) is 27.7 Å². The lowest BCUT2D eigenvalue weighted by atomic mass is 9.96. The molecule has 3 rings (SSSR count). The van der Waals surface area contributed by atoms with Crippen LogP contribution in [0.3, 0.4) is 0 Å². The van der Waals surface area contributed by atoms with Gasteiger partial charge in [-0.25, -0.2) is 14.8 Å². The Balaban J connectivity index is 1.91. The van der Waals surface area contributed by atoms with Gasteiger partial charge in [0.15, 0.2) is 5.65 Å². The maximum Gasteiger partial charge on any atom is 0.332 e. The number of rotatable bonds is 6. The summed E-state index contributed by atoms with van der Waals surface area (Å²) in [5.74, 6) is 2.66. The number of thioether (sulfide) groups is 1. The summed E-state index contributed by atoms with van der Waals surface area (Å²) in [4.78, 5) is 34.4. The van der Waals surface area contributed by atoms with E-state index in [-0.39, 0.29) is 5.41 Å². The van der Waals surface area contributed by atoms with Gasteiger partial charge in [0.05, 0.1) is 13.7 Å². The Morgan fingerprint density at radius 1 is 1.00 bits per heavy atom. The number of ether oxygens (including phenoxy) is 2. The van der Waals surface area contributed by atoms with E-state index in [1.165, 1.54) is 23.4 Å². The van der Waals surface area contributed by atoms with Gasteiger partial charge in [-0.2, -0.15) is 0 Å². The SMILES string of the molecule is COc1ccc(OCCSc2nc(C(C)(C)C)nc3c2c(=O)n(C)c(=O)n3C)cc1. The van der Waals surface area contributed by atoms with Crippen LogP contribution in [0.4, 0.5) is 0 Å². The molecule has 2 heterocycles. The average molecular weight is 431 g/mol. The van der Waals surface area contributed by atoms with Crippen LogP contribution in [0.25, 0.3) is 11.0 Å². The molecule has 0 saturated carbocycles. The molecule has 0 atom stereocenters. The highest BCUT2D eigenvalue weighted by Crippen LogP contribution is 2.27. The van der Waals surface area contributed by atoms with Crippen molar-refractivity contribution >= 4 is 22.8 Å². The Hall–Kier alpha value is -2.81. The first-order valence-corrected chi connectivity index (χ1v) is 10.5. The average Bonchev–Trinajstić information content (AvgIpc) is 2.72. The quantitative estimate of drug-likeness (QED) is 0.337. The molecule has 0 bridgehead atoms. The van der Waals surface area contributed by atoms with Crippen molar-refractivity contribution in [2.45, 2.75) is 31.2 Å². The fraction of sp³-hybridized carbons (Fsp3) is 0.429. The lowest BCUT2D eigenvalue weighted by Crippen LogP contribution is -2.38. The van der Waals surface area contributed by atoms with E-state index < -0.39 is 11.2 Å². The van der Waals surface area contributed by atoms with E-state index in [1.54, 1.807) is 14.2 Å². The van der Waals surface area contributed by atoms with Gasteiger partial charge in [-0.3, -0.25) is 13.9 Å². The van der Waals surface area contributed by atoms with Crippen molar-refractivity contribution in [1.82, 2.24) is 19.1 Å². The largest absolute Gasteiger partial charge is 0.497 e. The smallest absolute Gasteiger partial charge is 0.332 e. The van der Waals surface area contributed by atoms with Crippen LogP contribution in [-0.2, 0) is 19.5 Å². The van der Waals surface area contributed by atoms with Gasteiger partial charge in [0.2, 0.25) is 0 Å². The van der Waals surface area contributed by atoms with E-state index in [2.05, 4.69) is 9.97 Å². The molecule has 0 aliphatic rings. The predicted molar refractivity (Wildman–Crippen MR) is 118 cm³/mol. The van der Waals surface area contributed by atoms with E-state index in [9.17, 15) is 9.59 Å². The highest BCUT2D eigenvalue weighted by atomic mass is 32.2. The van der Waals surface area contributed by atoms with Crippen molar-refractivity contribution in [3.8, 4) is 11.5 Å². The summed E-state index contributed by atoms with van der Waals surface area (Å²) >= 11 is 1.42. The van der Waals surface area contributed by atoms with Gasteiger partial charge < -0.3 is 9.47 Å². The van der Waals surface area contributed by atoms with Crippen molar-refractivity contribution in [3.63, 3.8) is 0 Å². The maximum atomic E-state index is 12.8. The third-order valence-corrected chi connectivity index (χ3v) is 5.53. The second-order valence-electron chi connectivity index (χ2n) is 7.88. The zero-order valence-corrected chi connectivity index (χ0v) is 18.9. The fourth-order valence-corrected chi connectivity index (χ4v) is 3.67. The Kier molecular flexibility index (Phi) is 6.21. The minimum absolute atomic E-state index is 0.333. The third-order valence-electron chi connectivity index (χ3n) is 4.59. The molecular weight excluding hydrogens is 404 g/mol. The topological polar surface area (TPSA) is 88.2 Å². The molecule has 9 heteroatoms.